The lowest BCUT2D eigenvalue weighted by molar-refractivity contribution is -0.253. The molecule has 0 radical (unpaired) electrons. The van der Waals surface area contributed by atoms with Gasteiger partial charge in [0.05, 0.1) is 31.6 Å². The van der Waals surface area contributed by atoms with Gasteiger partial charge in [-0.3, -0.25) is 14.5 Å². The Labute approximate surface area is 134 Å². The van der Waals surface area contributed by atoms with Crippen molar-refractivity contribution in [2.75, 3.05) is 33.9 Å². The summed E-state index contributed by atoms with van der Waals surface area (Å²) in [6.07, 6.45) is -1.41. The van der Waals surface area contributed by atoms with Gasteiger partial charge in [0.15, 0.2) is 6.29 Å². The number of hydrogen-bond acceptors (Lipinski definition) is 7. The van der Waals surface area contributed by atoms with E-state index in [0.29, 0.717) is 6.42 Å². The molecule has 1 fully saturated rings. The van der Waals surface area contributed by atoms with Crippen molar-refractivity contribution in [2.24, 2.45) is 0 Å². The first kappa shape index (κ1) is 19.8. The number of methoxy groups -OCH3 is 2. The maximum atomic E-state index is 10.8. The van der Waals surface area contributed by atoms with Gasteiger partial charge in [-0.15, -0.1) is 0 Å². The molecule has 134 valence electrons. The first-order chi connectivity index (χ1) is 10.9. The normalized spacial score (nSPS) is 28.0. The van der Waals surface area contributed by atoms with Gasteiger partial charge in [-0.25, -0.2) is 0 Å². The van der Waals surface area contributed by atoms with E-state index in [4.69, 9.17) is 24.4 Å². The minimum atomic E-state index is -0.965. The summed E-state index contributed by atoms with van der Waals surface area (Å²) in [4.78, 5) is 23.4. The minimum Gasteiger partial charge on any atom is -0.481 e. The SMILES string of the molecule is COC1CC(N(CCC(=O)O)CCC(=O)O)C(OC)OC1CO. The summed E-state index contributed by atoms with van der Waals surface area (Å²) in [6.45, 7) is 0.128. The zero-order valence-electron chi connectivity index (χ0n) is 13.4. The molecule has 3 N–H and O–H groups in total. The van der Waals surface area contributed by atoms with Gasteiger partial charge in [0.25, 0.3) is 0 Å². The molecule has 0 amide bonds. The van der Waals surface area contributed by atoms with Crippen LogP contribution in [-0.4, -0.2) is 90.6 Å². The predicted molar refractivity (Wildman–Crippen MR) is 78.0 cm³/mol. The summed E-state index contributed by atoms with van der Waals surface area (Å²) in [6, 6.07) is -0.355. The number of rotatable bonds is 10. The van der Waals surface area contributed by atoms with Crippen molar-refractivity contribution in [3.05, 3.63) is 0 Å². The van der Waals surface area contributed by atoms with Gasteiger partial charge in [-0.05, 0) is 6.42 Å². The Morgan fingerprint density at radius 3 is 2.09 bits per heavy atom. The first-order valence-electron chi connectivity index (χ1n) is 7.42. The Bertz CT molecular complexity index is 373. The fourth-order valence-corrected chi connectivity index (χ4v) is 2.72. The molecule has 1 heterocycles. The fourth-order valence-electron chi connectivity index (χ4n) is 2.72. The Balaban J connectivity index is 2.85. The van der Waals surface area contributed by atoms with E-state index in [1.807, 2.05) is 0 Å². The number of carboxylic acids is 2. The monoisotopic (exact) mass is 335 g/mol. The molecule has 0 saturated carbocycles. The quantitative estimate of drug-likeness (QED) is 0.478. The van der Waals surface area contributed by atoms with Crippen molar-refractivity contribution >= 4 is 11.9 Å². The Kier molecular flexibility index (Phi) is 8.42. The molecule has 4 atom stereocenters. The molecule has 0 spiro atoms. The van der Waals surface area contributed by atoms with Crippen LogP contribution in [0.1, 0.15) is 19.3 Å². The zero-order chi connectivity index (χ0) is 17.4. The van der Waals surface area contributed by atoms with Crippen LogP contribution in [0.2, 0.25) is 0 Å². The molecule has 9 nitrogen and oxygen atoms in total. The lowest BCUT2D eigenvalue weighted by atomic mass is 9.98. The van der Waals surface area contributed by atoms with E-state index in [9.17, 15) is 14.7 Å². The molecule has 23 heavy (non-hydrogen) atoms. The summed E-state index contributed by atoms with van der Waals surface area (Å²) < 4.78 is 16.3. The number of carboxylic acid groups (broad SMARTS) is 2. The number of aliphatic hydroxyl groups excluding tert-OH is 1. The van der Waals surface area contributed by atoms with Gasteiger partial charge in [0, 0.05) is 27.3 Å². The molecule has 4 unspecified atom stereocenters. The van der Waals surface area contributed by atoms with Crippen LogP contribution < -0.4 is 0 Å². The standard InChI is InChI=1S/C14H25NO8/c1-21-10-7-9(14(22-2)23-11(10)8-16)15(5-3-12(17)18)6-4-13(19)20/h9-11,14,16H,3-8H2,1-2H3,(H,17,18)(H,19,20). The molecular weight excluding hydrogens is 310 g/mol. The highest BCUT2D eigenvalue weighted by atomic mass is 16.7. The van der Waals surface area contributed by atoms with Crippen LogP contribution in [0.3, 0.4) is 0 Å². The Morgan fingerprint density at radius 1 is 1.13 bits per heavy atom. The number of carbonyl (C=O) groups is 2. The molecule has 1 rings (SSSR count). The second-order valence-electron chi connectivity index (χ2n) is 5.36. The lowest BCUT2D eigenvalue weighted by Gasteiger charge is -2.44. The van der Waals surface area contributed by atoms with Crippen molar-refractivity contribution in [3.8, 4) is 0 Å². The lowest BCUT2D eigenvalue weighted by Crippen LogP contribution is -2.57. The van der Waals surface area contributed by atoms with Crippen molar-refractivity contribution in [1.82, 2.24) is 4.90 Å². The number of aliphatic carboxylic acids is 2. The van der Waals surface area contributed by atoms with Crippen molar-refractivity contribution in [1.29, 1.82) is 0 Å². The molecule has 1 aliphatic rings. The van der Waals surface area contributed by atoms with E-state index < -0.39 is 24.3 Å². The van der Waals surface area contributed by atoms with E-state index in [-0.39, 0.29) is 44.7 Å². The molecule has 0 bridgehead atoms. The minimum absolute atomic E-state index is 0.117. The van der Waals surface area contributed by atoms with E-state index >= 15 is 0 Å². The van der Waals surface area contributed by atoms with Gasteiger partial charge >= 0.3 is 11.9 Å². The Morgan fingerprint density at radius 2 is 1.70 bits per heavy atom. The number of aliphatic hydroxyl groups is 1. The zero-order valence-corrected chi connectivity index (χ0v) is 13.4. The van der Waals surface area contributed by atoms with E-state index in [1.165, 1.54) is 14.2 Å². The van der Waals surface area contributed by atoms with E-state index in [0.717, 1.165) is 0 Å². The molecule has 0 aromatic rings. The predicted octanol–water partition coefficient (Wildman–Crippen LogP) is -0.625. The summed E-state index contributed by atoms with van der Waals surface area (Å²) in [7, 11) is 2.95. The van der Waals surface area contributed by atoms with E-state index in [1.54, 1.807) is 4.90 Å². The maximum Gasteiger partial charge on any atom is 0.304 e. The largest absolute Gasteiger partial charge is 0.481 e. The van der Waals surface area contributed by atoms with Crippen LogP contribution in [-0.2, 0) is 23.8 Å². The van der Waals surface area contributed by atoms with Crippen molar-refractivity contribution < 1.29 is 39.1 Å². The Hall–Kier alpha value is -1.26. The first-order valence-corrected chi connectivity index (χ1v) is 7.42. The average molecular weight is 335 g/mol. The molecule has 0 aliphatic carbocycles. The van der Waals surface area contributed by atoms with Crippen LogP contribution in [0, 0.1) is 0 Å². The van der Waals surface area contributed by atoms with Crippen LogP contribution in [0.5, 0.6) is 0 Å². The van der Waals surface area contributed by atoms with Gasteiger partial charge in [-0.1, -0.05) is 0 Å². The highest BCUT2D eigenvalue weighted by molar-refractivity contribution is 5.67. The summed E-state index contributed by atoms with van der Waals surface area (Å²) in [5, 5.41) is 27.1. The van der Waals surface area contributed by atoms with Gasteiger partial charge in [0.1, 0.15) is 6.10 Å². The topological polar surface area (TPSA) is 126 Å². The highest BCUT2D eigenvalue weighted by Crippen LogP contribution is 2.27. The number of nitrogens with zero attached hydrogens (tertiary/aromatic N) is 1. The smallest absolute Gasteiger partial charge is 0.304 e. The van der Waals surface area contributed by atoms with Crippen LogP contribution in [0.4, 0.5) is 0 Å². The summed E-state index contributed by atoms with van der Waals surface area (Å²) in [5.41, 5.74) is 0. The van der Waals surface area contributed by atoms with Crippen LogP contribution >= 0.6 is 0 Å². The molecule has 0 aromatic heterocycles. The third-order valence-corrected chi connectivity index (χ3v) is 3.92. The second kappa shape index (κ2) is 9.78. The highest BCUT2D eigenvalue weighted by Gasteiger charge is 2.41. The number of ether oxygens (including phenoxy) is 3. The third kappa shape index (κ3) is 6.04. The molecule has 0 aromatic carbocycles. The third-order valence-electron chi connectivity index (χ3n) is 3.92. The summed E-state index contributed by atoms with van der Waals surface area (Å²) in [5.74, 6) is -1.93. The second-order valence-corrected chi connectivity index (χ2v) is 5.36. The maximum absolute atomic E-state index is 10.8. The molecular formula is C14H25NO8. The van der Waals surface area contributed by atoms with Gasteiger partial charge in [-0.2, -0.15) is 0 Å². The summed E-state index contributed by atoms with van der Waals surface area (Å²) >= 11 is 0. The van der Waals surface area contributed by atoms with Crippen molar-refractivity contribution in [3.63, 3.8) is 0 Å². The van der Waals surface area contributed by atoms with Gasteiger partial charge < -0.3 is 29.5 Å². The number of hydrogen-bond donors (Lipinski definition) is 3. The fraction of sp³-hybridized carbons (Fsp3) is 0.857. The van der Waals surface area contributed by atoms with Crippen LogP contribution in [0.25, 0.3) is 0 Å². The van der Waals surface area contributed by atoms with E-state index in [2.05, 4.69) is 0 Å². The molecule has 1 saturated heterocycles. The molecule has 9 heteroatoms. The average Bonchev–Trinajstić information content (AvgIpc) is 2.53. The molecule has 1 aliphatic heterocycles. The van der Waals surface area contributed by atoms with Crippen LogP contribution in [0.15, 0.2) is 0 Å². The van der Waals surface area contributed by atoms with Gasteiger partial charge in [0.2, 0.25) is 0 Å². The van der Waals surface area contributed by atoms with Crippen molar-refractivity contribution in [2.45, 2.75) is 43.8 Å².